The number of aromatic amines is 1. The topological polar surface area (TPSA) is 102 Å². The third kappa shape index (κ3) is 3.32. The van der Waals surface area contributed by atoms with E-state index in [1.54, 1.807) is 36.4 Å². The molecule has 0 atom stereocenters. The highest BCUT2D eigenvalue weighted by atomic mass is 35.5. The Bertz CT molecular complexity index is 1170. The SMILES string of the molecule is O=C(Cc1ccc(Cl)c(-c2nc3ccc([N+](=O)[O-])cc3[nH]2)c1)c1ccco1. The Labute approximate surface area is 157 Å². The van der Waals surface area contributed by atoms with Crippen LogP contribution in [0, 0.1) is 10.1 Å². The quantitative estimate of drug-likeness (QED) is 0.303. The minimum Gasteiger partial charge on any atom is -0.461 e. The summed E-state index contributed by atoms with van der Waals surface area (Å²) in [5.74, 6) is 0.624. The normalized spacial score (nSPS) is 11.0. The lowest BCUT2D eigenvalue weighted by Crippen LogP contribution is -2.02. The molecule has 0 saturated heterocycles. The average Bonchev–Trinajstić information content (AvgIpc) is 3.32. The fraction of sp³-hybridized carbons (Fsp3) is 0.0526. The molecule has 0 radical (unpaired) electrons. The monoisotopic (exact) mass is 381 g/mol. The van der Waals surface area contributed by atoms with E-state index < -0.39 is 4.92 Å². The van der Waals surface area contributed by atoms with Crippen LogP contribution in [0.1, 0.15) is 16.1 Å². The number of benzene rings is 2. The van der Waals surface area contributed by atoms with Gasteiger partial charge < -0.3 is 9.40 Å². The van der Waals surface area contributed by atoms with Crippen LogP contribution in [-0.4, -0.2) is 20.7 Å². The molecule has 0 aliphatic carbocycles. The summed E-state index contributed by atoms with van der Waals surface area (Å²) in [6.45, 7) is 0. The second-order valence-corrected chi connectivity index (χ2v) is 6.34. The molecule has 0 spiro atoms. The fourth-order valence-corrected chi connectivity index (χ4v) is 3.02. The van der Waals surface area contributed by atoms with Gasteiger partial charge in [0.05, 0.1) is 27.2 Å². The highest BCUT2D eigenvalue weighted by molar-refractivity contribution is 6.33. The number of imidazole rings is 1. The van der Waals surface area contributed by atoms with Gasteiger partial charge in [0.1, 0.15) is 5.82 Å². The van der Waals surface area contributed by atoms with Crippen LogP contribution < -0.4 is 0 Å². The van der Waals surface area contributed by atoms with Gasteiger partial charge in [0.15, 0.2) is 5.76 Å². The van der Waals surface area contributed by atoms with Crippen molar-refractivity contribution in [2.45, 2.75) is 6.42 Å². The first-order chi connectivity index (χ1) is 13.0. The molecule has 2 heterocycles. The molecule has 0 fully saturated rings. The summed E-state index contributed by atoms with van der Waals surface area (Å²) in [6, 6.07) is 12.9. The highest BCUT2D eigenvalue weighted by Crippen LogP contribution is 2.30. The molecule has 2 aromatic carbocycles. The number of non-ortho nitro benzene ring substituents is 1. The summed E-state index contributed by atoms with van der Waals surface area (Å²) in [5, 5.41) is 11.4. The Morgan fingerprint density at radius 2 is 2.07 bits per heavy atom. The van der Waals surface area contributed by atoms with Gasteiger partial charge in [0.25, 0.3) is 5.69 Å². The van der Waals surface area contributed by atoms with E-state index in [2.05, 4.69) is 9.97 Å². The van der Waals surface area contributed by atoms with Crippen LogP contribution in [0.5, 0.6) is 0 Å². The van der Waals surface area contributed by atoms with Gasteiger partial charge in [0.2, 0.25) is 5.78 Å². The van der Waals surface area contributed by atoms with Crippen LogP contribution in [0.15, 0.2) is 59.2 Å². The van der Waals surface area contributed by atoms with Crippen LogP contribution >= 0.6 is 11.6 Å². The molecule has 27 heavy (non-hydrogen) atoms. The number of nitrogens with zero attached hydrogens (tertiary/aromatic N) is 2. The highest BCUT2D eigenvalue weighted by Gasteiger charge is 2.15. The number of aromatic nitrogens is 2. The number of rotatable bonds is 5. The van der Waals surface area contributed by atoms with Gasteiger partial charge in [0, 0.05) is 24.1 Å². The predicted molar refractivity (Wildman–Crippen MR) is 99.9 cm³/mol. The molecule has 8 heteroatoms. The summed E-state index contributed by atoms with van der Waals surface area (Å²) >= 11 is 6.30. The Hall–Kier alpha value is -3.45. The second-order valence-electron chi connectivity index (χ2n) is 5.94. The largest absolute Gasteiger partial charge is 0.461 e. The average molecular weight is 382 g/mol. The van der Waals surface area contributed by atoms with Gasteiger partial charge in [-0.05, 0) is 35.9 Å². The van der Waals surface area contributed by atoms with Gasteiger partial charge in [-0.2, -0.15) is 0 Å². The van der Waals surface area contributed by atoms with Crippen LogP contribution in [0.2, 0.25) is 5.02 Å². The molecular formula is C19H12ClN3O4. The molecule has 1 N–H and O–H groups in total. The van der Waals surface area contributed by atoms with Crippen molar-refractivity contribution in [3.63, 3.8) is 0 Å². The zero-order chi connectivity index (χ0) is 19.0. The molecule has 0 bridgehead atoms. The Kier molecular flexibility index (Phi) is 4.21. The number of hydrogen-bond donors (Lipinski definition) is 1. The molecule has 0 unspecified atom stereocenters. The van der Waals surface area contributed by atoms with E-state index in [-0.39, 0.29) is 17.9 Å². The van der Waals surface area contributed by atoms with Crippen LogP contribution in [0.25, 0.3) is 22.4 Å². The van der Waals surface area contributed by atoms with Crippen LogP contribution in [-0.2, 0) is 6.42 Å². The summed E-state index contributed by atoms with van der Waals surface area (Å²) in [7, 11) is 0. The number of nitro benzene ring substituents is 1. The molecule has 0 amide bonds. The second kappa shape index (κ2) is 6.69. The van der Waals surface area contributed by atoms with Crippen molar-refractivity contribution in [2.24, 2.45) is 0 Å². The van der Waals surface area contributed by atoms with E-state index in [9.17, 15) is 14.9 Å². The first-order valence-corrected chi connectivity index (χ1v) is 8.39. The summed E-state index contributed by atoms with van der Waals surface area (Å²) < 4.78 is 5.13. The maximum Gasteiger partial charge on any atom is 0.271 e. The third-order valence-electron chi connectivity index (χ3n) is 4.12. The van der Waals surface area contributed by atoms with Gasteiger partial charge in [-0.1, -0.05) is 17.7 Å². The van der Waals surface area contributed by atoms with Gasteiger partial charge in [-0.25, -0.2) is 4.98 Å². The van der Waals surface area contributed by atoms with Crippen molar-refractivity contribution < 1.29 is 14.1 Å². The smallest absolute Gasteiger partial charge is 0.271 e. The van der Waals surface area contributed by atoms with Crippen molar-refractivity contribution in [3.8, 4) is 11.4 Å². The zero-order valence-electron chi connectivity index (χ0n) is 13.8. The number of fused-ring (bicyclic) bond motifs is 1. The maximum atomic E-state index is 12.2. The van der Waals surface area contributed by atoms with Crippen molar-refractivity contribution in [1.29, 1.82) is 0 Å². The summed E-state index contributed by atoms with van der Waals surface area (Å²) in [4.78, 5) is 30.2. The first-order valence-electron chi connectivity index (χ1n) is 8.01. The molecule has 0 aliphatic heterocycles. The summed E-state index contributed by atoms with van der Waals surface area (Å²) in [5.41, 5.74) is 2.46. The molecule has 0 aliphatic rings. The minimum atomic E-state index is -0.464. The van der Waals surface area contributed by atoms with Crippen molar-refractivity contribution >= 4 is 34.1 Å². The van der Waals surface area contributed by atoms with E-state index in [4.69, 9.17) is 16.0 Å². The van der Waals surface area contributed by atoms with E-state index in [1.165, 1.54) is 18.4 Å². The van der Waals surface area contributed by atoms with Crippen LogP contribution in [0.4, 0.5) is 5.69 Å². The standard InChI is InChI=1S/C19H12ClN3O4/c20-14-5-3-11(9-17(24)18-2-1-7-27-18)8-13(14)19-21-15-6-4-12(23(25)26)10-16(15)22-19/h1-8,10H,9H2,(H,21,22). The number of furan rings is 1. The number of nitrogens with one attached hydrogen (secondary N) is 1. The van der Waals surface area contributed by atoms with Crippen molar-refractivity contribution in [2.75, 3.05) is 0 Å². The Morgan fingerprint density at radius 3 is 2.81 bits per heavy atom. The number of Topliss-reactive ketones (excluding diaryl/α,β-unsaturated/α-hetero) is 1. The van der Waals surface area contributed by atoms with E-state index in [1.807, 2.05) is 0 Å². The van der Waals surface area contributed by atoms with E-state index in [0.29, 0.717) is 33.2 Å². The fourth-order valence-electron chi connectivity index (χ4n) is 2.81. The molecule has 0 saturated carbocycles. The Morgan fingerprint density at radius 1 is 1.22 bits per heavy atom. The van der Waals surface area contributed by atoms with Gasteiger partial charge >= 0.3 is 0 Å². The molecule has 4 aromatic rings. The third-order valence-corrected chi connectivity index (χ3v) is 4.45. The Balaban J connectivity index is 1.69. The van der Waals surface area contributed by atoms with Gasteiger partial charge in [-0.3, -0.25) is 14.9 Å². The molecule has 4 rings (SSSR count). The number of halogens is 1. The zero-order valence-corrected chi connectivity index (χ0v) is 14.6. The number of carbonyl (C=O) groups excluding carboxylic acids is 1. The maximum absolute atomic E-state index is 12.2. The number of H-pyrrole nitrogens is 1. The molecular weight excluding hydrogens is 370 g/mol. The van der Waals surface area contributed by atoms with Crippen molar-refractivity contribution in [3.05, 3.63) is 81.3 Å². The first kappa shape index (κ1) is 17.0. The molecule has 7 nitrogen and oxygen atoms in total. The lowest BCUT2D eigenvalue weighted by atomic mass is 10.0. The lowest BCUT2D eigenvalue weighted by Gasteiger charge is -2.05. The number of carbonyl (C=O) groups is 1. The minimum absolute atomic E-state index is 0.0263. The van der Waals surface area contributed by atoms with E-state index in [0.717, 1.165) is 5.56 Å². The van der Waals surface area contributed by atoms with Gasteiger partial charge in [-0.15, -0.1) is 0 Å². The molecule has 2 aromatic heterocycles. The number of hydrogen-bond acceptors (Lipinski definition) is 5. The van der Waals surface area contributed by atoms with E-state index >= 15 is 0 Å². The predicted octanol–water partition coefficient (Wildman–Crippen LogP) is 4.81. The molecule has 134 valence electrons. The number of ketones is 1. The summed E-state index contributed by atoms with van der Waals surface area (Å²) in [6.07, 6.45) is 1.61. The van der Waals surface area contributed by atoms with Crippen molar-refractivity contribution in [1.82, 2.24) is 9.97 Å². The number of nitro groups is 1. The lowest BCUT2D eigenvalue weighted by molar-refractivity contribution is -0.384. The van der Waals surface area contributed by atoms with Crippen LogP contribution in [0.3, 0.4) is 0 Å².